The van der Waals surface area contributed by atoms with Crippen LogP contribution in [-0.4, -0.2) is 39.3 Å². The summed E-state index contributed by atoms with van der Waals surface area (Å²) in [4.78, 5) is 20.8. The average molecular weight is 353 g/mol. The van der Waals surface area contributed by atoms with Crippen molar-refractivity contribution in [3.63, 3.8) is 0 Å². The molecule has 0 spiro atoms. The number of aryl methyl sites for hydroxylation is 1. The summed E-state index contributed by atoms with van der Waals surface area (Å²) in [6.45, 7) is 5.45. The maximum absolute atomic E-state index is 12.0. The van der Waals surface area contributed by atoms with Crippen LogP contribution < -0.4 is 15.8 Å². The number of anilines is 2. The molecule has 2 aromatic rings. The van der Waals surface area contributed by atoms with Crippen LogP contribution in [0.15, 0.2) is 17.2 Å². The summed E-state index contributed by atoms with van der Waals surface area (Å²) in [6, 6.07) is 2.36. The highest BCUT2D eigenvalue weighted by atomic mass is 16.1. The third kappa shape index (κ3) is 3.52. The zero-order chi connectivity index (χ0) is 18.5. The van der Waals surface area contributed by atoms with Crippen LogP contribution in [0.4, 0.5) is 11.6 Å². The van der Waals surface area contributed by atoms with Crippen LogP contribution in [0.25, 0.3) is 0 Å². The summed E-state index contributed by atoms with van der Waals surface area (Å²) < 4.78 is 0. The molecule has 8 nitrogen and oxygen atoms in total. The monoisotopic (exact) mass is 353 g/mol. The first-order valence-electron chi connectivity index (χ1n) is 9.01. The summed E-state index contributed by atoms with van der Waals surface area (Å²) in [7, 11) is 0. The van der Waals surface area contributed by atoms with E-state index < -0.39 is 0 Å². The van der Waals surface area contributed by atoms with Crippen molar-refractivity contribution in [2.45, 2.75) is 45.6 Å². The van der Waals surface area contributed by atoms with E-state index in [2.05, 4.69) is 31.6 Å². The average Bonchev–Trinajstić information content (AvgIpc) is 2.68. The molecule has 136 valence electrons. The quantitative estimate of drug-likeness (QED) is 0.840. The molecule has 0 saturated carbocycles. The summed E-state index contributed by atoms with van der Waals surface area (Å²) in [5.74, 6) is 0.962. The summed E-state index contributed by atoms with van der Waals surface area (Å²) in [5.41, 5.74) is 2.22. The molecular formula is C18H23N7O. The van der Waals surface area contributed by atoms with Gasteiger partial charge in [-0.1, -0.05) is 13.8 Å². The molecule has 1 saturated heterocycles. The standard InChI is InChI=1S/C18H23N7O/c1-3-13-14(10-19)16(24-23-15(13)4-2)22-12-6-5-9-25(11-12)17-18(26)21-8-7-20-17/h7-8,12H,3-6,9,11H2,1-2H3,(H,21,26)(H,22,24)/t12-/m0/s1. The van der Waals surface area contributed by atoms with Crippen LogP contribution in [0.3, 0.4) is 0 Å². The molecular weight excluding hydrogens is 330 g/mol. The van der Waals surface area contributed by atoms with Crippen molar-refractivity contribution in [1.29, 1.82) is 5.26 Å². The number of nitrogens with one attached hydrogen (secondary N) is 2. The molecule has 0 aromatic carbocycles. The third-order valence-electron chi connectivity index (χ3n) is 4.71. The number of aromatic nitrogens is 4. The van der Waals surface area contributed by atoms with Gasteiger partial charge in [0.25, 0.3) is 5.56 Å². The molecule has 1 aliphatic rings. The molecule has 1 fully saturated rings. The van der Waals surface area contributed by atoms with Crippen molar-refractivity contribution < 1.29 is 0 Å². The first-order chi connectivity index (χ1) is 12.7. The van der Waals surface area contributed by atoms with Gasteiger partial charge < -0.3 is 15.2 Å². The lowest BCUT2D eigenvalue weighted by Gasteiger charge is -2.33. The van der Waals surface area contributed by atoms with E-state index in [1.165, 1.54) is 6.20 Å². The van der Waals surface area contributed by atoms with Crippen LogP contribution in [0.1, 0.15) is 43.5 Å². The summed E-state index contributed by atoms with van der Waals surface area (Å²) in [5, 5.41) is 21.5. The van der Waals surface area contributed by atoms with Gasteiger partial charge in [0.05, 0.1) is 5.69 Å². The fraction of sp³-hybridized carbons (Fsp3) is 0.500. The van der Waals surface area contributed by atoms with E-state index in [1.54, 1.807) is 6.20 Å². The third-order valence-corrected chi connectivity index (χ3v) is 4.71. The Kier molecular flexibility index (Phi) is 5.46. The summed E-state index contributed by atoms with van der Waals surface area (Å²) >= 11 is 0. The smallest absolute Gasteiger partial charge is 0.290 e. The largest absolute Gasteiger partial charge is 0.363 e. The molecule has 2 aromatic heterocycles. The molecule has 2 N–H and O–H groups in total. The maximum atomic E-state index is 12.0. The van der Waals surface area contributed by atoms with E-state index in [-0.39, 0.29) is 11.6 Å². The van der Waals surface area contributed by atoms with Crippen LogP contribution in [0.2, 0.25) is 0 Å². The van der Waals surface area contributed by atoms with Gasteiger partial charge in [-0.2, -0.15) is 10.4 Å². The van der Waals surface area contributed by atoms with E-state index >= 15 is 0 Å². The van der Waals surface area contributed by atoms with E-state index in [0.717, 1.165) is 43.5 Å². The Morgan fingerprint density at radius 2 is 2.23 bits per heavy atom. The van der Waals surface area contributed by atoms with E-state index in [0.29, 0.717) is 23.7 Å². The molecule has 26 heavy (non-hydrogen) atoms. The minimum Gasteiger partial charge on any atom is -0.363 e. The van der Waals surface area contributed by atoms with Gasteiger partial charge in [0.1, 0.15) is 11.6 Å². The second-order valence-electron chi connectivity index (χ2n) is 6.34. The van der Waals surface area contributed by atoms with Gasteiger partial charge in [-0.05, 0) is 31.2 Å². The van der Waals surface area contributed by atoms with Crippen molar-refractivity contribution in [2.24, 2.45) is 0 Å². The van der Waals surface area contributed by atoms with Gasteiger partial charge in [0.15, 0.2) is 11.6 Å². The van der Waals surface area contributed by atoms with E-state index in [9.17, 15) is 10.1 Å². The molecule has 0 bridgehead atoms. The Hall–Kier alpha value is -2.95. The Balaban J connectivity index is 1.82. The van der Waals surface area contributed by atoms with Crippen molar-refractivity contribution >= 4 is 11.6 Å². The van der Waals surface area contributed by atoms with Crippen molar-refractivity contribution in [2.75, 3.05) is 23.3 Å². The van der Waals surface area contributed by atoms with Gasteiger partial charge in [0.2, 0.25) is 0 Å². The second kappa shape index (κ2) is 7.95. The maximum Gasteiger partial charge on any atom is 0.290 e. The number of piperidine rings is 1. The molecule has 8 heteroatoms. The minimum absolute atomic E-state index is 0.0729. The molecule has 1 aliphatic heterocycles. The molecule has 0 unspecified atom stereocenters. The first kappa shape index (κ1) is 17.9. The lowest BCUT2D eigenvalue weighted by Crippen LogP contribution is -2.44. The number of hydrogen-bond acceptors (Lipinski definition) is 7. The normalized spacial score (nSPS) is 17.0. The first-order valence-corrected chi connectivity index (χ1v) is 9.01. The number of rotatable bonds is 5. The Bertz CT molecular complexity index is 871. The van der Waals surface area contributed by atoms with E-state index in [1.807, 2.05) is 18.7 Å². The van der Waals surface area contributed by atoms with Crippen molar-refractivity contribution in [1.82, 2.24) is 20.2 Å². The van der Waals surface area contributed by atoms with Crippen LogP contribution in [0.5, 0.6) is 0 Å². The van der Waals surface area contributed by atoms with Gasteiger partial charge in [-0.25, -0.2) is 4.98 Å². The molecule has 3 rings (SSSR count). The molecule has 0 radical (unpaired) electrons. The van der Waals surface area contributed by atoms with Crippen LogP contribution in [0, 0.1) is 11.3 Å². The summed E-state index contributed by atoms with van der Waals surface area (Å²) in [6.07, 6.45) is 6.48. The fourth-order valence-electron chi connectivity index (χ4n) is 3.44. The lowest BCUT2D eigenvalue weighted by atomic mass is 10.0. The highest BCUT2D eigenvalue weighted by Crippen LogP contribution is 2.23. The van der Waals surface area contributed by atoms with Gasteiger partial charge in [0, 0.05) is 31.5 Å². The predicted octanol–water partition coefficient (Wildman–Crippen LogP) is 1.64. The Morgan fingerprint density at radius 3 is 2.92 bits per heavy atom. The number of nitrogens with zero attached hydrogens (tertiary/aromatic N) is 5. The van der Waals surface area contributed by atoms with Gasteiger partial charge in [-0.3, -0.25) is 4.79 Å². The molecule has 3 heterocycles. The highest BCUT2D eigenvalue weighted by Gasteiger charge is 2.24. The zero-order valence-electron chi connectivity index (χ0n) is 15.1. The predicted molar refractivity (Wildman–Crippen MR) is 99.2 cm³/mol. The lowest BCUT2D eigenvalue weighted by molar-refractivity contribution is 0.523. The number of H-pyrrole nitrogens is 1. The zero-order valence-corrected chi connectivity index (χ0v) is 15.1. The molecule has 0 aliphatic carbocycles. The molecule has 0 amide bonds. The van der Waals surface area contributed by atoms with Gasteiger partial charge in [-0.15, -0.1) is 5.10 Å². The number of aromatic amines is 1. The second-order valence-corrected chi connectivity index (χ2v) is 6.34. The Labute approximate surface area is 152 Å². The van der Waals surface area contributed by atoms with Crippen molar-refractivity contribution in [3.05, 3.63) is 39.6 Å². The SMILES string of the molecule is CCc1nnc(N[C@H]2CCCN(c3ncc[nH]c3=O)C2)c(C#N)c1CC. The number of hydrogen-bond donors (Lipinski definition) is 2. The van der Waals surface area contributed by atoms with Crippen LogP contribution in [-0.2, 0) is 12.8 Å². The van der Waals surface area contributed by atoms with Gasteiger partial charge >= 0.3 is 0 Å². The minimum atomic E-state index is -0.189. The Morgan fingerprint density at radius 1 is 1.38 bits per heavy atom. The molecule has 1 atom stereocenters. The highest BCUT2D eigenvalue weighted by molar-refractivity contribution is 5.57. The number of nitriles is 1. The van der Waals surface area contributed by atoms with Crippen LogP contribution >= 0.6 is 0 Å². The van der Waals surface area contributed by atoms with E-state index in [4.69, 9.17) is 0 Å². The fourth-order valence-corrected chi connectivity index (χ4v) is 3.44. The van der Waals surface area contributed by atoms with Crippen molar-refractivity contribution in [3.8, 4) is 6.07 Å². The topological polar surface area (TPSA) is 111 Å².